The third-order valence-corrected chi connectivity index (χ3v) is 5.74. The molecule has 2 atom stereocenters. The first-order valence-electron chi connectivity index (χ1n) is 8.77. The lowest BCUT2D eigenvalue weighted by Gasteiger charge is -2.22. The number of hydrogen-bond acceptors (Lipinski definition) is 7. The van der Waals surface area contributed by atoms with Gasteiger partial charge in [0.1, 0.15) is 12.6 Å². The zero-order valence-electron chi connectivity index (χ0n) is 15.6. The summed E-state index contributed by atoms with van der Waals surface area (Å²) in [6, 6.07) is 8.66. The van der Waals surface area contributed by atoms with Crippen molar-refractivity contribution < 1.29 is 14.3 Å². The van der Waals surface area contributed by atoms with E-state index in [1.54, 1.807) is 11.8 Å². The molecule has 0 aliphatic rings. The van der Waals surface area contributed by atoms with Crippen molar-refractivity contribution in [2.24, 2.45) is 5.92 Å². The van der Waals surface area contributed by atoms with Crippen molar-refractivity contribution in [3.63, 3.8) is 0 Å². The van der Waals surface area contributed by atoms with Gasteiger partial charge in [0.05, 0.1) is 0 Å². The van der Waals surface area contributed by atoms with E-state index in [1.165, 1.54) is 11.3 Å². The molecule has 9 heteroatoms. The molecule has 0 aliphatic carbocycles. The van der Waals surface area contributed by atoms with Crippen LogP contribution in [0.4, 0.5) is 9.93 Å². The van der Waals surface area contributed by atoms with Crippen molar-refractivity contribution in [3.05, 3.63) is 35.9 Å². The highest BCUT2D eigenvalue weighted by Crippen LogP contribution is 2.25. The van der Waals surface area contributed by atoms with Crippen LogP contribution in [0.5, 0.6) is 0 Å². The van der Waals surface area contributed by atoms with E-state index in [9.17, 15) is 9.59 Å². The number of aromatic nitrogens is 2. The molecule has 0 fully saturated rings. The molecule has 0 unspecified atom stereocenters. The van der Waals surface area contributed by atoms with Crippen LogP contribution >= 0.6 is 23.1 Å². The number of ether oxygens (including phenoxy) is 1. The minimum Gasteiger partial charge on any atom is -0.445 e. The normalized spacial score (nSPS) is 12.9. The predicted molar refractivity (Wildman–Crippen MR) is 108 cm³/mol. The molecule has 2 N–H and O–H groups in total. The summed E-state index contributed by atoms with van der Waals surface area (Å²) in [4.78, 5) is 24.8. The Bertz CT molecular complexity index is 739. The van der Waals surface area contributed by atoms with E-state index in [1.807, 2.05) is 51.1 Å². The highest BCUT2D eigenvalue weighted by Gasteiger charge is 2.27. The lowest BCUT2D eigenvalue weighted by Crippen LogP contribution is -2.47. The van der Waals surface area contributed by atoms with E-state index >= 15 is 0 Å². The zero-order chi connectivity index (χ0) is 19.6. The van der Waals surface area contributed by atoms with Gasteiger partial charge in [0.25, 0.3) is 0 Å². The first kappa shape index (κ1) is 21.2. The minimum atomic E-state index is -0.718. The standard InChI is InChI=1S/C18H24N4O3S2/c1-4-12(3)14(15(23)20-16-21-22-18(27-16)26-5-2)19-17(24)25-11-13-9-7-6-8-10-13/h6-10,12,14H,4-5,11H2,1-3H3,(H,19,24)(H,20,21,23)/t12-,14+/m0/s1. The van der Waals surface area contributed by atoms with Crippen LogP contribution in [-0.4, -0.2) is 34.0 Å². The molecule has 2 amide bonds. The summed E-state index contributed by atoms with van der Waals surface area (Å²) < 4.78 is 6.03. The maximum atomic E-state index is 12.6. The minimum absolute atomic E-state index is 0.0633. The van der Waals surface area contributed by atoms with Gasteiger partial charge in [0.2, 0.25) is 11.0 Å². The summed E-state index contributed by atoms with van der Waals surface area (Å²) in [5.74, 6) is 0.490. The largest absolute Gasteiger partial charge is 0.445 e. The molecule has 0 aliphatic heterocycles. The molecule has 1 aromatic heterocycles. The summed E-state index contributed by atoms with van der Waals surface area (Å²) in [7, 11) is 0. The van der Waals surface area contributed by atoms with Gasteiger partial charge in [-0.1, -0.05) is 80.6 Å². The van der Waals surface area contributed by atoms with Crippen LogP contribution in [0.25, 0.3) is 0 Å². The third kappa shape index (κ3) is 6.84. The lowest BCUT2D eigenvalue weighted by molar-refractivity contribution is -0.119. The summed E-state index contributed by atoms with van der Waals surface area (Å²) in [6.07, 6.45) is 0.100. The van der Waals surface area contributed by atoms with Crippen LogP contribution in [0.15, 0.2) is 34.7 Å². The Kier molecular flexibility index (Phi) is 8.53. The van der Waals surface area contributed by atoms with E-state index in [0.717, 1.165) is 22.1 Å². The SMILES string of the molecule is CCSc1nnc(NC(=O)[C@H](NC(=O)OCc2ccccc2)[C@@H](C)CC)s1. The highest BCUT2D eigenvalue weighted by molar-refractivity contribution is 8.01. The number of hydrogen-bond donors (Lipinski definition) is 2. The maximum absolute atomic E-state index is 12.6. The molecule has 0 bridgehead atoms. The van der Waals surface area contributed by atoms with Crippen LogP contribution in [-0.2, 0) is 16.1 Å². The van der Waals surface area contributed by atoms with Crippen LogP contribution in [0.1, 0.15) is 32.8 Å². The molecule has 1 heterocycles. The first-order chi connectivity index (χ1) is 13.0. The summed E-state index contributed by atoms with van der Waals surface area (Å²) in [5.41, 5.74) is 0.881. The predicted octanol–water partition coefficient (Wildman–Crippen LogP) is 3.93. The molecule has 2 aromatic rings. The molecular formula is C18H24N4O3S2. The van der Waals surface area contributed by atoms with E-state index in [-0.39, 0.29) is 18.4 Å². The van der Waals surface area contributed by atoms with Crippen molar-refractivity contribution >= 4 is 40.2 Å². The second-order valence-corrected chi connectivity index (χ2v) is 8.35. The number of rotatable bonds is 9. The van der Waals surface area contributed by atoms with Crippen molar-refractivity contribution in [2.75, 3.05) is 11.1 Å². The molecular weight excluding hydrogens is 384 g/mol. The Hall–Kier alpha value is -2.13. The Labute approximate surface area is 167 Å². The van der Waals surface area contributed by atoms with Gasteiger partial charge < -0.3 is 10.1 Å². The van der Waals surface area contributed by atoms with Crippen molar-refractivity contribution in [2.45, 2.75) is 44.2 Å². The maximum Gasteiger partial charge on any atom is 0.408 e. The lowest BCUT2D eigenvalue weighted by atomic mass is 9.98. The first-order valence-corrected chi connectivity index (χ1v) is 10.6. The van der Waals surface area contributed by atoms with E-state index in [0.29, 0.717) is 5.13 Å². The fourth-order valence-corrected chi connectivity index (χ4v) is 3.87. The summed E-state index contributed by atoms with van der Waals surface area (Å²) >= 11 is 2.88. The molecule has 0 saturated heterocycles. The molecule has 7 nitrogen and oxygen atoms in total. The van der Waals surface area contributed by atoms with Gasteiger partial charge >= 0.3 is 6.09 Å². The molecule has 0 spiro atoms. The summed E-state index contributed by atoms with van der Waals surface area (Å²) in [6.45, 7) is 6.03. The fourth-order valence-electron chi connectivity index (χ4n) is 2.22. The van der Waals surface area contributed by atoms with Crippen LogP contribution in [0, 0.1) is 5.92 Å². The highest BCUT2D eigenvalue weighted by atomic mass is 32.2. The van der Waals surface area contributed by atoms with Crippen molar-refractivity contribution in [1.29, 1.82) is 0 Å². The monoisotopic (exact) mass is 408 g/mol. The van der Waals surface area contributed by atoms with Gasteiger partial charge in [-0.05, 0) is 17.2 Å². The molecule has 146 valence electrons. The Morgan fingerprint density at radius 1 is 1.22 bits per heavy atom. The number of carbonyl (C=O) groups excluding carboxylic acids is 2. The van der Waals surface area contributed by atoms with Gasteiger partial charge in [-0.15, -0.1) is 10.2 Å². The smallest absolute Gasteiger partial charge is 0.408 e. The van der Waals surface area contributed by atoms with Crippen molar-refractivity contribution in [3.8, 4) is 0 Å². The number of nitrogens with one attached hydrogen (secondary N) is 2. The Balaban J connectivity index is 1.94. The zero-order valence-corrected chi connectivity index (χ0v) is 17.2. The quantitative estimate of drug-likeness (QED) is 0.482. The average Bonchev–Trinajstić information content (AvgIpc) is 3.11. The van der Waals surface area contributed by atoms with Gasteiger partial charge in [0.15, 0.2) is 4.34 Å². The van der Waals surface area contributed by atoms with Gasteiger partial charge in [-0.2, -0.15) is 0 Å². The molecule has 2 rings (SSSR count). The third-order valence-electron chi connectivity index (χ3n) is 3.89. The average molecular weight is 409 g/mol. The topological polar surface area (TPSA) is 93.2 Å². The van der Waals surface area contributed by atoms with Crippen molar-refractivity contribution in [1.82, 2.24) is 15.5 Å². The number of thioether (sulfide) groups is 1. The van der Waals surface area contributed by atoms with Gasteiger partial charge in [-0.3, -0.25) is 10.1 Å². The number of anilines is 1. The molecule has 0 radical (unpaired) electrons. The number of nitrogens with zero attached hydrogens (tertiary/aromatic N) is 2. The van der Waals surface area contributed by atoms with E-state index < -0.39 is 12.1 Å². The van der Waals surface area contributed by atoms with E-state index in [4.69, 9.17) is 4.74 Å². The van der Waals surface area contributed by atoms with E-state index in [2.05, 4.69) is 20.8 Å². The van der Waals surface area contributed by atoms with Gasteiger partial charge in [-0.25, -0.2) is 4.79 Å². The second kappa shape index (κ2) is 10.9. The number of alkyl carbamates (subject to hydrolysis) is 1. The van der Waals surface area contributed by atoms with Crippen LogP contribution in [0.3, 0.4) is 0 Å². The Morgan fingerprint density at radius 3 is 2.63 bits per heavy atom. The number of carbonyl (C=O) groups is 2. The second-order valence-electron chi connectivity index (χ2n) is 5.86. The Morgan fingerprint density at radius 2 is 1.96 bits per heavy atom. The number of benzene rings is 1. The molecule has 1 aromatic carbocycles. The molecule has 0 saturated carbocycles. The van der Waals surface area contributed by atoms with Gasteiger partial charge in [0, 0.05) is 0 Å². The van der Waals surface area contributed by atoms with Crippen LogP contribution < -0.4 is 10.6 Å². The fraction of sp³-hybridized carbons (Fsp3) is 0.444. The number of amides is 2. The van der Waals surface area contributed by atoms with Crippen LogP contribution in [0.2, 0.25) is 0 Å². The summed E-state index contributed by atoms with van der Waals surface area (Å²) in [5, 5.41) is 13.8. The molecule has 27 heavy (non-hydrogen) atoms.